The molecule has 1 N–H and O–H groups in total. The van der Waals surface area contributed by atoms with E-state index in [1.807, 2.05) is 31.2 Å². The quantitative estimate of drug-likeness (QED) is 0.333. The van der Waals surface area contributed by atoms with Crippen molar-refractivity contribution in [3.8, 4) is 5.75 Å². The predicted octanol–water partition coefficient (Wildman–Crippen LogP) is 5.29. The fraction of sp³-hybridized carbons (Fsp3) is 0.400. The van der Waals surface area contributed by atoms with Gasteiger partial charge in [-0.3, -0.25) is 9.59 Å². The first-order chi connectivity index (χ1) is 19.0. The standard InChI is InChI=1S/C30H35N3O6/c1-3-17-38-30(36)23-11-13-24(14-12-23)33(29(35)22-7-5-4-6-8-22)20-26-18-27(32-39-26)28(34)31-19-21-9-15-25(37-2)16-10-21/h9-16,18,22H,3-8,17,19-20H2,1-2H3,(H,31,34). The van der Waals surface area contributed by atoms with Crippen LogP contribution in [0.3, 0.4) is 0 Å². The number of hydrogen-bond donors (Lipinski definition) is 1. The molecule has 2 aromatic carbocycles. The molecule has 3 aromatic rings. The summed E-state index contributed by atoms with van der Waals surface area (Å²) >= 11 is 0. The molecule has 0 aliphatic heterocycles. The van der Waals surface area contributed by atoms with Gasteiger partial charge in [0.1, 0.15) is 5.75 Å². The second-order valence-electron chi connectivity index (χ2n) is 9.65. The highest BCUT2D eigenvalue weighted by atomic mass is 16.5. The highest BCUT2D eigenvalue weighted by Gasteiger charge is 2.28. The number of hydrogen-bond acceptors (Lipinski definition) is 7. The maximum atomic E-state index is 13.6. The molecule has 1 saturated carbocycles. The van der Waals surface area contributed by atoms with Crippen LogP contribution in [0.25, 0.3) is 0 Å². The van der Waals surface area contributed by atoms with Crippen molar-refractivity contribution in [1.82, 2.24) is 10.5 Å². The van der Waals surface area contributed by atoms with E-state index in [-0.39, 0.29) is 30.0 Å². The number of esters is 1. The topological polar surface area (TPSA) is 111 Å². The fourth-order valence-electron chi connectivity index (χ4n) is 4.59. The van der Waals surface area contributed by atoms with Crippen LogP contribution < -0.4 is 15.0 Å². The molecule has 0 spiro atoms. The predicted molar refractivity (Wildman–Crippen MR) is 145 cm³/mol. The third kappa shape index (κ3) is 7.46. The third-order valence-electron chi connectivity index (χ3n) is 6.79. The van der Waals surface area contributed by atoms with Crippen molar-refractivity contribution < 1.29 is 28.4 Å². The van der Waals surface area contributed by atoms with Crippen LogP contribution in [0.4, 0.5) is 5.69 Å². The van der Waals surface area contributed by atoms with E-state index in [0.717, 1.165) is 49.8 Å². The SMILES string of the molecule is CCCOC(=O)c1ccc(N(Cc2cc(C(=O)NCc3ccc(OC)cc3)no2)C(=O)C2CCCCC2)cc1. The molecule has 2 amide bonds. The van der Waals surface area contributed by atoms with Crippen molar-refractivity contribution in [3.05, 3.63) is 77.2 Å². The summed E-state index contributed by atoms with van der Waals surface area (Å²) < 4.78 is 15.8. The van der Waals surface area contributed by atoms with Gasteiger partial charge in [-0.1, -0.05) is 43.5 Å². The summed E-state index contributed by atoms with van der Waals surface area (Å²) in [6.07, 6.45) is 5.60. The van der Waals surface area contributed by atoms with Gasteiger partial charge < -0.3 is 24.2 Å². The molecule has 1 aliphatic rings. The van der Waals surface area contributed by atoms with Gasteiger partial charge in [-0.2, -0.15) is 0 Å². The molecule has 0 radical (unpaired) electrons. The smallest absolute Gasteiger partial charge is 0.338 e. The third-order valence-corrected chi connectivity index (χ3v) is 6.79. The summed E-state index contributed by atoms with van der Waals surface area (Å²) in [7, 11) is 1.60. The van der Waals surface area contributed by atoms with E-state index in [0.29, 0.717) is 30.2 Å². The molecule has 0 bridgehead atoms. The van der Waals surface area contributed by atoms with Crippen LogP contribution in [0.2, 0.25) is 0 Å². The Bertz CT molecular complexity index is 1250. The molecule has 0 atom stereocenters. The van der Waals surface area contributed by atoms with Crippen molar-refractivity contribution in [3.63, 3.8) is 0 Å². The number of nitrogens with one attached hydrogen (secondary N) is 1. The summed E-state index contributed by atoms with van der Waals surface area (Å²) in [4.78, 5) is 40.2. The summed E-state index contributed by atoms with van der Waals surface area (Å²) in [6.45, 7) is 2.73. The fourth-order valence-corrected chi connectivity index (χ4v) is 4.59. The molecule has 9 nitrogen and oxygen atoms in total. The number of benzene rings is 2. The van der Waals surface area contributed by atoms with Crippen LogP contribution in [0, 0.1) is 5.92 Å². The monoisotopic (exact) mass is 533 g/mol. The Balaban J connectivity index is 1.46. The van der Waals surface area contributed by atoms with Crippen molar-refractivity contribution in [2.75, 3.05) is 18.6 Å². The van der Waals surface area contributed by atoms with Crippen molar-refractivity contribution >= 4 is 23.5 Å². The Morgan fingerprint density at radius 1 is 1.03 bits per heavy atom. The number of rotatable bonds is 11. The second kappa shape index (κ2) is 13.6. The normalized spacial score (nSPS) is 13.5. The molecule has 1 aliphatic carbocycles. The molecule has 4 rings (SSSR count). The molecule has 206 valence electrons. The number of carbonyl (C=O) groups excluding carboxylic acids is 3. The number of anilines is 1. The van der Waals surface area contributed by atoms with Crippen molar-refractivity contribution in [2.45, 2.75) is 58.5 Å². The molecular weight excluding hydrogens is 498 g/mol. The van der Waals surface area contributed by atoms with E-state index in [1.165, 1.54) is 0 Å². The number of methoxy groups -OCH3 is 1. The molecule has 1 fully saturated rings. The van der Waals surface area contributed by atoms with E-state index in [9.17, 15) is 14.4 Å². The lowest BCUT2D eigenvalue weighted by Gasteiger charge is -2.29. The Labute approximate surface area is 228 Å². The largest absolute Gasteiger partial charge is 0.497 e. The van der Waals surface area contributed by atoms with Crippen LogP contribution in [0.15, 0.2) is 59.1 Å². The van der Waals surface area contributed by atoms with Gasteiger partial charge in [-0.25, -0.2) is 4.79 Å². The van der Waals surface area contributed by atoms with Gasteiger partial charge in [-0.15, -0.1) is 0 Å². The maximum Gasteiger partial charge on any atom is 0.338 e. The zero-order valence-electron chi connectivity index (χ0n) is 22.5. The number of amides is 2. The van der Waals surface area contributed by atoms with Gasteiger partial charge in [-0.05, 0) is 61.2 Å². The molecular formula is C30H35N3O6. The Kier molecular flexibility index (Phi) is 9.72. The van der Waals surface area contributed by atoms with Crippen LogP contribution >= 0.6 is 0 Å². The number of nitrogens with zero attached hydrogens (tertiary/aromatic N) is 2. The minimum absolute atomic E-state index is 0.00193. The number of carbonyl (C=O) groups is 3. The average Bonchev–Trinajstić information content (AvgIpc) is 3.47. The lowest BCUT2D eigenvalue weighted by atomic mass is 9.88. The van der Waals surface area contributed by atoms with Gasteiger partial charge in [0.25, 0.3) is 5.91 Å². The highest BCUT2D eigenvalue weighted by Crippen LogP contribution is 2.29. The van der Waals surface area contributed by atoms with E-state index in [4.69, 9.17) is 14.0 Å². The molecule has 0 saturated heterocycles. The minimum atomic E-state index is -0.394. The first-order valence-corrected chi connectivity index (χ1v) is 13.4. The second-order valence-corrected chi connectivity index (χ2v) is 9.65. The molecule has 9 heteroatoms. The van der Waals surface area contributed by atoms with Gasteiger partial charge in [0.05, 0.1) is 25.8 Å². The van der Waals surface area contributed by atoms with Crippen LogP contribution in [0.5, 0.6) is 5.75 Å². The molecule has 1 aromatic heterocycles. The van der Waals surface area contributed by atoms with Crippen molar-refractivity contribution in [1.29, 1.82) is 0 Å². The first kappa shape index (κ1) is 27.9. The van der Waals surface area contributed by atoms with Gasteiger partial charge in [0.2, 0.25) is 5.91 Å². The zero-order chi connectivity index (χ0) is 27.6. The zero-order valence-corrected chi connectivity index (χ0v) is 22.5. The number of aromatic nitrogens is 1. The first-order valence-electron chi connectivity index (χ1n) is 13.4. The van der Waals surface area contributed by atoms with E-state index < -0.39 is 5.97 Å². The molecule has 0 unspecified atom stereocenters. The average molecular weight is 534 g/mol. The minimum Gasteiger partial charge on any atom is -0.497 e. The summed E-state index contributed by atoms with van der Waals surface area (Å²) in [6, 6.07) is 15.8. The van der Waals surface area contributed by atoms with Crippen LogP contribution in [-0.2, 0) is 22.6 Å². The van der Waals surface area contributed by atoms with E-state index >= 15 is 0 Å². The van der Waals surface area contributed by atoms with Crippen molar-refractivity contribution in [2.24, 2.45) is 5.92 Å². The summed E-state index contributed by atoms with van der Waals surface area (Å²) in [5.41, 5.74) is 2.11. The summed E-state index contributed by atoms with van der Waals surface area (Å²) in [5, 5.41) is 6.76. The van der Waals surface area contributed by atoms with Gasteiger partial charge >= 0.3 is 5.97 Å². The van der Waals surface area contributed by atoms with E-state index in [2.05, 4.69) is 10.5 Å². The summed E-state index contributed by atoms with van der Waals surface area (Å²) in [5.74, 6) is 0.279. The molecule has 39 heavy (non-hydrogen) atoms. The van der Waals surface area contributed by atoms with Gasteiger partial charge in [0.15, 0.2) is 11.5 Å². The maximum absolute atomic E-state index is 13.6. The Hall–Kier alpha value is -4.14. The Morgan fingerprint density at radius 3 is 2.41 bits per heavy atom. The van der Waals surface area contributed by atoms with Crippen LogP contribution in [0.1, 0.15) is 77.6 Å². The number of ether oxygens (including phenoxy) is 2. The highest BCUT2D eigenvalue weighted by molar-refractivity contribution is 5.96. The van der Waals surface area contributed by atoms with E-state index in [1.54, 1.807) is 42.3 Å². The lowest BCUT2D eigenvalue weighted by molar-refractivity contribution is -0.123. The van der Waals surface area contributed by atoms with Gasteiger partial charge in [0, 0.05) is 24.2 Å². The Morgan fingerprint density at radius 2 is 1.74 bits per heavy atom. The molecule has 1 heterocycles. The van der Waals surface area contributed by atoms with Crippen LogP contribution in [-0.4, -0.2) is 36.7 Å². The lowest BCUT2D eigenvalue weighted by Crippen LogP contribution is -2.36.